The van der Waals surface area contributed by atoms with Crippen molar-refractivity contribution in [2.24, 2.45) is 0 Å². The van der Waals surface area contributed by atoms with E-state index < -0.39 is 0 Å². The van der Waals surface area contributed by atoms with E-state index in [4.69, 9.17) is 10.3 Å². The number of aromatic nitrogens is 3. The van der Waals surface area contributed by atoms with Crippen molar-refractivity contribution in [2.45, 2.75) is 0 Å². The van der Waals surface area contributed by atoms with Crippen molar-refractivity contribution in [1.82, 2.24) is 15.1 Å². The number of nitrogen functional groups attached to an aromatic ring is 1. The van der Waals surface area contributed by atoms with Crippen LogP contribution in [0.5, 0.6) is 0 Å². The van der Waals surface area contributed by atoms with Crippen LogP contribution in [0.25, 0.3) is 22.5 Å². The second kappa shape index (κ2) is 4.41. The summed E-state index contributed by atoms with van der Waals surface area (Å²) in [6, 6.07) is 8.45. The van der Waals surface area contributed by atoms with Gasteiger partial charge in [-0.15, -0.1) is 0 Å². The van der Waals surface area contributed by atoms with Crippen LogP contribution in [0.3, 0.4) is 0 Å². The fraction of sp³-hybridized carbons (Fsp3) is 0. The molecule has 0 atom stereocenters. The molecule has 0 unspecified atom stereocenters. The van der Waals surface area contributed by atoms with Gasteiger partial charge in [-0.3, -0.25) is 9.78 Å². The Kier molecular flexibility index (Phi) is 2.60. The standard InChI is InChI=1S/C13H10N4O2/c14-13-11(8-3-2-6-15-7-8)12(17-19-13)9-4-1-5-10(18)16-9/h1-7H,14H2,(H,16,18). The molecule has 0 spiro atoms. The average Bonchev–Trinajstić information content (AvgIpc) is 2.82. The normalized spacial score (nSPS) is 10.5. The highest BCUT2D eigenvalue weighted by Gasteiger charge is 2.17. The maximum absolute atomic E-state index is 11.4. The molecule has 0 radical (unpaired) electrons. The number of nitrogens with zero attached hydrogens (tertiary/aromatic N) is 2. The van der Waals surface area contributed by atoms with Crippen LogP contribution in [0.15, 0.2) is 52.0 Å². The minimum absolute atomic E-state index is 0.188. The Labute approximate surface area is 107 Å². The molecule has 6 heteroatoms. The molecule has 94 valence electrons. The maximum Gasteiger partial charge on any atom is 0.248 e. The first-order valence-corrected chi connectivity index (χ1v) is 5.61. The molecule has 0 bridgehead atoms. The molecule has 0 fully saturated rings. The summed E-state index contributed by atoms with van der Waals surface area (Å²) in [5.74, 6) is 0.188. The lowest BCUT2D eigenvalue weighted by atomic mass is 10.1. The van der Waals surface area contributed by atoms with Crippen molar-refractivity contribution in [1.29, 1.82) is 0 Å². The molecule has 19 heavy (non-hydrogen) atoms. The van der Waals surface area contributed by atoms with Crippen molar-refractivity contribution in [2.75, 3.05) is 5.73 Å². The molecule has 0 saturated carbocycles. The van der Waals surface area contributed by atoms with Gasteiger partial charge in [-0.05, 0) is 12.1 Å². The second-order valence-corrected chi connectivity index (χ2v) is 3.94. The van der Waals surface area contributed by atoms with Crippen molar-refractivity contribution in [3.63, 3.8) is 0 Å². The van der Waals surface area contributed by atoms with E-state index in [0.717, 1.165) is 5.56 Å². The lowest BCUT2D eigenvalue weighted by Gasteiger charge is -2.01. The lowest BCUT2D eigenvalue weighted by Crippen LogP contribution is -2.04. The SMILES string of the molecule is Nc1onc(-c2cccc(=O)[nH]2)c1-c1cccnc1. The third-order valence-electron chi connectivity index (χ3n) is 2.69. The minimum atomic E-state index is -0.212. The molecule has 3 aromatic rings. The van der Waals surface area contributed by atoms with Crippen LogP contribution in [-0.2, 0) is 0 Å². The van der Waals surface area contributed by atoms with Crippen molar-refractivity contribution >= 4 is 5.88 Å². The summed E-state index contributed by atoms with van der Waals surface area (Å²) in [6.45, 7) is 0. The second-order valence-electron chi connectivity index (χ2n) is 3.94. The topological polar surface area (TPSA) is 97.8 Å². The summed E-state index contributed by atoms with van der Waals surface area (Å²) in [6.07, 6.45) is 3.32. The maximum atomic E-state index is 11.4. The summed E-state index contributed by atoms with van der Waals surface area (Å²) in [7, 11) is 0. The summed E-state index contributed by atoms with van der Waals surface area (Å²) in [5, 5.41) is 3.91. The van der Waals surface area contributed by atoms with Gasteiger partial charge >= 0.3 is 0 Å². The van der Waals surface area contributed by atoms with Crippen molar-refractivity contribution in [3.8, 4) is 22.5 Å². The zero-order valence-corrected chi connectivity index (χ0v) is 9.83. The summed E-state index contributed by atoms with van der Waals surface area (Å²) in [4.78, 5) is 18.1. The van der Waals surface area contributed by atoms with Crippen molar-refractivity contribution < 1.29 is 4.52 Å². The van der Waals surface area contributed by atoms with E-state index in [9.17, 15) is 4.79 Å². The summed E-state index contributed by atoms with van der Waals surface area (Å²) >= 11 is 0. The number of rotatable bonds is 2. The largest absolute Gasteiger partial charge is 0.367 e. The van der Waals surface area contributed by atoms with Gasteiger partial charge in [0.2, 0.25) is 11.4 Å². The predicted molar refractivity (Wildman–Crippen MR) is 70.2 cm³/mol. The minimum Gasteiger partial charge on any atom is -0.367 e. The van der Waals surface area contributed by atoms with Crippen LogP contribution in [0, 0.1) is 0 Å². The van der Waals surface area contributed by atoms with Crippen LogP contribution in [-0.4, -0.2) is 15.1 Å². The summed E-state index contributed by atoms with van der Waals surface area (Å²) in [5.41, 5.74) is 8.02. The molecule has 0 aliphatic carbocycles. The molecule has 0 aromatic carbocycles. The van der Waals surface area contributed by atoms with E-state index in [1.807, 2.05) is 6.07 Å². The molecular formula is C13H10N4O2. The number of pyridine rings is 2. The fourth-order valence-corrected chi connectivity index (χ4v) is 1.86. The van der Waals surface area contributed by atoms with Gasteiger partial charge in [0.1, 0.15) is 5.69 Å². The lowest BCUT2D eigenvalue weighted by molar-refractivity contribution is 0.439. The van der Waals surface area contributed by atoms with E-state index in [-0.39, 0.29) is 11.4 Å². The Balaban J connectivity index is 2.22. The molecule has 0 saturated heterocycles. The third kappa shape index (κ3) is 1.99. The van der Waals surface area contributed by atoms with Gasteiger partial charge in [0.25, 0.3) is 0 Å². The number of anilines is 1. The van der Waals surface area contributed by atoms with Gasteiger partial charge < -0.3 is 15.2 Å². The highest BCUT2D eigenvalue weighted by atomic mass is 16.5. The van der Waals surface area contributed by atoms with Crippen LogP contribution >= 0.6 is 0 Å². The molecule has 3 heterocycles. The van der Waals surface area contributed by atoms with Crippen LogP contribution in [0.4, 0.5) is 5.88 Å². The number of aromatic amines is 1. The quantitative estimate of drug-likeness (QED) is 0.725. The van der Waals surface area contributed by atoms with E-state index >= 15 is 0 Å². The molecule has 3 rings (SSSR count). The first kappa shape index (κ1) is 11.2. The fourth-order valence-electron chi connectivity index (χ4n) is 1.86. The van der Waals surface area contributed by atoms with Crippen LogP contribution in [0.2, 0.25) is 0 Å². The van der Waals surface area contributed by atoms with Gasteiger partial charge in [-0.1, -0.05) is 17.3 Å². The zero-order valence-electron chi connectivity index (χ0n) is 9.83. The van der Waals surface area contributed by atoms with E-state index in [0.29, 0.717) is 17.0 Å². The Hall–Kier alpha value is -2.89. The molecule has 6 nitrogen and oxygen atoms in total. The number of hydrogen-bond donors (Lipinski definition) is 2. The first-order chi connectivity index (χ1) is 9.25. The molecule has 0 amide bonds. The number of nitrogens with two attached hydrogens (primary N) is 1. The monoisotopic (exact) mass is 254 g/mol. The molecule has 3 aromatic heterocycles. The summed E-state index contributed by atoms with van der Waals surface area (Å²) < 4.78 is 5.02. The number of H-pyrrole nitrogens is 1. The van der Waals surface area contributed by atoms with Crippen LogP contribution < -0.4 is 11.3 Å². The molecule has 0 aliphatic rings. The van der Waals surface area contributed by atoms with E-state index in [1.165, 1.54) is 6.07 Å². The van der Waals surface area contributed by atoms with Crippen molar-refractivity contribution in [3.05, 3.63) is 53.1 Å². The number of nitrogens with one attached hydrogen (secondary N) is 1. The smallest absolute Gasteiger partial charge is 0.248 e. The zero-order chi connectivity index (χ0) is 13.2. The average molecular weight is 254 g/mol. The van der Waals surface area contributed by atoms with E-state index in [1.54, 1.807) is 30.6 Å². The van der Waals surface area contributed by atoms with Gasteiger partial charge in [0, 0.05) is 24.0 Å². The Bertz CT molecular complexity index is 762. The Morgan fingerprint density at radius 2 is 2.11 bits per heavy atom. The Morgan fingerprint density at radius 3 is 2.84 bits per heavy atom. The van der Waals surface area contributed by atoms with Gasteiger partial charge in [0.15, 0.2) is 0 Å². The predicted octanol–water partition coefficient (Wildman–Crippen LogP) is 1.67. The van der Waals surface area contributed by atoms with Crippen LogP contribution in [0.1, 0.15) is 0 Å². The van der Waals surface area contributed by atoms with E-state index in [2.05, 4.69) is 15.1 Å². The Morgan fingerprint density at radius 1 is 1.21 bits per heavy atom. The number of hydrogen-bond acceptors (Lipinski definition) is 5. The van der Waals surface area contributed by atoms with Gasteiger partial charge in [-0.25, -0.2) is 0 Å². The molecular weight excluding hydrogens is 244 g/mol. The highest BCUT2D eigenvalue weighted by Crippen LogP contribution is 2.34. The first-order valence-electron chi connectivity index (χ1n) is 5.61. The van der Waals surface area contributed by atoms with Gasteiger partial charge in [-0.2, -0.15) is 0 Å². The third-order valence-corrected chi connectivity index (χ3v) is 2.69. The molecule has 0 aliphatic heterocycles. The highest BCUT2D eigenvalue weighted by molar-refractivity contribution is 5.85. The van der Waals surface area contributed by atoms with Gasteiger partial charge in [0.05, 0.1) is 11.3 Å². The molecule has 3 N–H and O–H groups in total.